The number of aromatic nitrogens is 1. The highest BCUT2D eigenvalue weighted by molar-refractivity contribution is 6.04. The predicted octanol–water partition coefficient (Wildman–Crippen LogP) is 3.32. The van der Waals surface area contributed by atoms with Crippen LogP contribution in [0.15, 0.2) is 48.8 Å². The first-order valence-electron chi connectivity index (χ1n) is 13.1. The Morgan fingerprint density at radius 3 is 2.47 bits per heavy atom. The second-order valence-electron chi connectivity index (χ2n) is 10.7. The molecule has 2 heterocycles. The van der Waals surface area contributed by atoms with E-state index in [2.05, 4.69) is 16.4 Å². The van der Waals surface area contributed by atoms with E-state index in [0.717, 1.165) is 37.7 Å². The van der Waals surface area contributed by atoms with Gasteiger partial charge in [-0.25, -0.2) is 0 Å². The lowest BCUT2D eigenvalue weighted by atomic mass is 9.86. The Morgan fingerprint density at radius 1 is 1.16 bits per heavy atom. The molecule has 38 heavy (non-hydrogen) atoms. The maximum Gasteiger partial charge on any atom is 0.251 e. The first-order valence-corrected chi connectivity index (χ1v) is 13.1. The maximum atomic E-state index is 14.2. The molecule has 1 aliphatic carbocycles. The van der Waals surface area contributed by atoms with Gasteiger partial charge in [-0.05, 0) is 50.5 Å². The number of carbonyl (C=O) groups is 2. The quantitative estimate of drug-likeness (QED) is 0.542. The van der Waals surface area contributed by atoms with Gasteiger partial charge in [-0.3, -0.25) is 24.4 Å². The summed E-state index contributed by atoms with van der Waals surface area (Å²) in [6.45, 7) is 3.68. The summed E-state index contributed by atoms with van der Waals surface area (Å²) in [7, 11) is 0. The highest BCUT2D eigenvalue weighted by Gasteiger charge is 2.43. The molecule has 1 aromatic carbocycles. The minimum atomic E-state index is -1.04. The van der Waals surface area contributed by atoms with Crippen LogP contribution in [0, 0.1) is 22.8 Å². The molecule has 2 aromatic rings. The summed E-state index contributed by atoms with van der Waals surface area (Å²) >= 11 is 0. The summed E-state index contributed by atoms with van der Waals surface area (Å²) in [5.74, 6) is -0.773. The van der Waals surface area contributed by atoms with Gasteiger partial charge in [0.05, 0.1) is 24.1 Å². The van der Waals surface area contributed by atoms with Crippen molar-refractivity contribution in [2.75, 3.05) is 11.4 Å². The third kappa shape index (κ3) is 5.79. The van der Waals surface area contributed by atoms with Crippen LogP contribution < -0.4 is 10.2 Å². The first-order chi connectivity index (χ1) is 18.2. The van der Waals surface area contributed by atoms with Crippen molar-refractivity contribution >= 4 is 17.5 Å². The van der Waals surface area contributed by atoms with Gasteiger partial charge in [0.2, 0.25) is 5.91 Å². The number of hydrogen-bond acceptors (Lipinski definition) is 7. The number of carbonyl (C=O) groups excluding carboxylic acids is 2. The molecule has 1 saturated carbocycles. The summed E-state index contributed by atoms with van der Waals surface area (Å²) < 4.78 is 0. The standard InChI is InChI=1S/C29H34N6O3/c1-29(2,18-30)21-10-12-23(13-11-21)35(28(38)25-15-24(36)17-34(25)19-31)26(20-7-6-14-32-16-20)27(37)33-22-8-4-3-5-9-22/h6-7,10-14,16,22,24-26,36H,3-5,8-9,15,17H2,1-2H3,(H,33,37)/t24-,25-,26?/m1/s1. The Morgan fingerprint density at radius 2 is 1.87 bits per heavy atom. The van der Waals surface area contributed by atoms with E-state index in [1.165, 1.54) is 9.80 Å². The topological polar surface area (TPSA) is 133 Å². The normalized spacial score (nSPS) is 20.7. The molecule has 4 rings (SSSR count). The molecule has 0 radical (unpaired) electrons. The molecule has 2 amide bonds. The monoisotopic (exact) mass is 514 g/mol. The number of nitrogens with zero attached hydrogens (tertiary/aromatic N) is 5. The molecular formula is C29H34N6O3. The number of amides is 2. The Kier molecular flexibility index (Phi) is 8.29. The number of β-amino-alcohol motifs (C(OH)–C–C–N with tert-alkyl or cyclic N) is 1. The van der Waals surface area contributed by atoms with Crippen LogP contribution >= 0.6 is 0 Å². The van der Waals surface area contributed by atoms with Crippen LogP contribution in [-0.2, 0) is 15.0 Å². The van der Waals surface area contributed by atoms with Crippen molar-refractivity contribution in [1.82, 2.24) is 15.2 Å². The largest absolute Gasteiger partial charge is 0.391 e. The molecule has 0 spiro atoms. The van der Waals surface area contributed by atoms with Gasteiger partial charge in [0, 0.05) is 36.1 Å². The Bertz CT molecular complexity index is 1210. The summed E-state index contributed by atoms with van der Waals surface area (Å²) in [4.78, 5) is 35.0. The molecule has 9 heteroatoms. The molecule has 3 atom stereocenters. The molecule has 1 saturated heterocycles. The van der Waals surface area contributed by atoms with Crippen LogP contribution in [0.2, 0.25) is 0 Å². The Balaban J connectivity index is 1.79. The van der Waals surface area contributed by atoms with Gasteiger partial charge in [0.25, 0.3) is 5.91 Å². The summed E-state index contributed by atoms with van der Waals surface area (Å²) in [6, 6.07) is 10.9. The van der Waals surface area contributed by atoms with E-state index in [1.807, 2.05) is 20.0 Å². The minimum Gasteiger partial charge on any atom is -0.391 e. The summed E-state index contributed by atoms with van der Waals surface area (Å²) in [5, 5.41) is 32.6. The van der Waals surface area contributed by atoms with Crippen molar-refractivity contribution in [3.63, 3.8) is 0 Å². The lowest BCUT2D eigenvalue weighted by Crippen LogP contribution is -2.51. The first kappa shape index (κ1) is 27.1. The minimum absolute atomic E-state index is 0.0232. The van der Waals surface area contributed by atoms with E-state index in [-0.39, 0.29) is 24.9 Å². The van der Waals surface area contributed by atoms with Crippen molar-refractivity contribution in [1.29, 1.82) is 10.5 Å². The molecule has 0 bridgehead atoms. The SMILES string of the molecule is CC(C)(C#N)c1ccc(N(C(=O)[C@H]2C[C@@H](O)CN2C#N)C(C(=O)NC2CCCCC2)c2cccnc2)cc1. The van der Waals surface area contributed by atoms with E-state index in [4.69, 9.17) is 0 Å². The van der Waals surface area contributed by atoms with Gasteiger partial charge in [-0.15, -0.1) is 0 Å². The molecule has 2 aliphatic rings. The fourth-order valence-electron chi connectivity index (χ4n) is 5.31. The number of likely N-dealkylation sites (tertiary alicyclic amines) is 1. The zero-order valence-corrected chi connectivity index (χ0v) is 21.9. The zero-order chi connectivity index (χ0) is 27.3. The lowest BCUT2D eigenvalue weighted by Gasteiger charge is -2.35. The third-order valence-corrected chi connectivity index (χ3v) is 7.53. The Hall–Kier alpha value is -3.95. The number of aliphatic hydroxyl groups is 1. The average molecular weight is 515 g/mol. The van der Waals surface area contributed by atoms with E-state index in [1.54, 1.807) is 48.8 Å². The van der Waals surface area contributed by atoms with Crippen molar-refractivity contribution in [2.45, 2.75) is 82.0 Å². The van der Waals surface area contributed by atoms with E-state index in [0.29, 0.717) is 11.3 Å². The molecule has 198 valence electrons. The average Bonchev–Trinajstić information content (AvgIpc) is 3.33. The summed E-state index contributed by atoms with van der Waals surface area (Å²) in [6.07, 6.45) is 9.45. The maximum absolute atomic E-state index is 14.2. The van der Waals surface area contributed by atoms with E-state index in [9.17, 15) is 25.2 Å². The zero-order valence-electron chi connectivity index (χ0n) is 21.9. The third-order valence-electron chi connectivity index (χ3n) is 7.53. The van der Waals surface area contributed by atoms with Gasteiger partial charge in [-0.2, -0.15) is 10.5 Å². The van der Waals surface area contributed by atoms with Crippen molar-refractivity contribution in [2.24, 2.45) is 0 Å². The number of rotatable bonds is 7. The van der Waals surface area contributed by atoms with Crippen LogP contribution in [0.1, 0.15) is 69.5 Å². The van der Waals surface area contributed by atoms with Crippen molar-refractivity contribution in [3.05, 3.63) is 59.9 Å². The Labute approximate surface area is 223 Å². The van der Waals surface area contributed by atoms with Crippen molar-refractivity contribution < 1.29 is 14.7 Å². The molecular weight excluding hydrogens is 480 g/mol. The molecule has 1 aliphatic heterocycles. The van der Waals surface area contributed by atoms with E-state index < -0.39 is 29.5 Å². The number of anilines is 1. The molecule has 2 N–H and O–H groups in total. The number of nitriles is 2. The number of hydrogen-bond donors (Lipinski definition) is 2. The van der Waals surface area contributed by atoms with Gasteiger partial charge in [-0.1, -0.05) is 37.5 Å². The van der Waals surface area contributed by atoms with Crippen LogP contribution in [0.25, 0.3) is 0 Å². The number of aliphatic hydroxyl groups excluding tert-OH is 1. The fraction of sp³-hybridized carbons (Fsp3) is 0.483. The fourth-order valence-corrected chi connectivity index (χ4v) is 5.31. The van der Waals surface area contributed by atoms with Crippen LogP contribution in [0.4, 0.5) is 5.69 Å². The predicted molar refractivity (Wildman–Crippen MR) is 141 cm³/mol. The van der Waals surface area contributed by atoms with Crippen LogP contribution in [0.5, 0.6) is 0 Å². The molecule has 1 aromatic heterocycles. The number of pyridine rings is 1. The second kappa shape index (κ2) is 11.6. The van der Waals surface area contributed by atoms with Gasteiger partial charge >= 0.3 is 0 Å². The number of nitrogens with one attached hydrogen (secondary N) is 1. The van der Waals surface area contributed by atoms with Crippen LogP contribution in [0.3, 0.4) is 0 Å². The molecule has 9 nitrogen and oxygen atoms in total. The van der Waals surface area contributed by atoms with Gasteiger partial charge in [0.15, 0.2) is 6.19 Å². The van der Waals surface area contributed by atoms with E-state index >= 15 is 0 Å². The summed E-state index contributed by atoms with van der Waals surface area (Å²) in [5.41, 5.74) is 1.04. The smallest absolute Gasteiger partial charge is 0.251 e. The van der Waals surface area contributed by atoms with Crippen LogP contribution in [-0.4, -0.2) is 51.5 Å². The second-order valence-corrected chi connectivity index (χ2v) is 10.7. The highest BCUT2D eigenvalue weighted by Crippen LogP contribution is 2.33. The molecule has 2 fully saturated rings. The highest BCUT2D eigenvalue weighted by atomic mass is 16.3. The van der Waals surface area contributed by atoms with Crippen molar-refractivity contribution in [3.8, 4) is 12.3 Å². The van der Waals surface area contributed by atoms with Gasteiger partial charge < -0.3 is 10.4 Å². The molecule has 1 unspecified atom stereocenters. The lowest BCUT2D eigenvalue weighted by molar-refractivity contribution is -0.128. The number of benzene rings is 1. The van der Waals surface area contributed by atoms with Gasteiger partial charge in [0.1, 0.15) is 12.1 Å².